The molecule has 0 spiro atoms. The van der Waals surface area contributed by atoms with E-state index in [-0.39, 0.29) is 6.03 Å². The first-order chi connectivity index (χ1) is 13.9. The summed E-state index contributed by atoms with van der Waals surface area (Å²) in [5, 5.41) is 5.82. The normalized spacial score (nSPS) is 15.3. The quantitative estimate of drug-likeness (QED) is 0.782. The Balaban J connectivity index is 1.56. The van der Waals surface area contributed by atoms with Crippen molar-refractivity contribution in [1.82, 2.24) is 9.88 Å². The molecule has 2 heterocycles. The Labute approximate surface area is 174 Å². The van der Waals surface area contributed by atoms with Gasteiger partial charge in [-0.2, -0.15) is 0 Å². The minimum Gasteiger partial charge on any atom is -0.355 e. The Bertz CT molecular complexity index is 798. The van der Waals surface area contributed by atoms with E-state index >= 15 is 0 Å². The van der Waals surface area contributed by atoms with E-state index in [0.29, 0.717) is 11.6 Å². The van der Waals surface area contributed by atoms with Crippen molar-refractivity contribution in [2.75, 3.05) is 48.3 Å². The predicted molar refractivity (Wildman–Crippen MR) is 121 cm³/mol. The number of carbonyl (C=O) groups excluding carboxylic acids is 1. The maximum absolute atomic E-state index is 12.4. The first-order valence-corrected chi connectivity index (χ1v) is 10.5. The zero-order valence-electron chi connectivity index (χ0n) is 18.0. The van der Waals surface area contributed by atoms with Gasteiger partial charge in [0.05, 0.1) is 11.9 Å². The molecular formula is C23H33N5O. The summed E-state index contributed by atoms with van der Waals surface area (Å²) < 4.78 is 0. The van der Waals surface area contributed by atoms with Crippen LogP contribution < -0.4 is 15.5 Å². The second-order valence-electron chi connectivity index (χ2n) is 8.29. The van der Waals surface area contributed by atoms with Gasteiger partial charge in [-0.15, -0.1) is 0 Å². The predicted octanol–water partition coefficient (Wildman–Crippen LogP) is 4.51. The van der Waals surface area contributed by atoms with Gasteiger partial charge in [0.2, 0.25) is 0 Å². The number of hydrogen-bond donors (Lipinski definition) is 2. The molecule has 1 aliphatic heterocycles. The van der Waals surface area contributed by atoms with E-state index in [1.807, 2.05) is 44.2 Å². The second-order valence-corrected chi connectivity index (χ2v) is 8.29. The molecule has 2 amide bonds. The lowest BCUT2D eigenvalue weighted by Crippen LogP contribution is -2.33. The molecule has 2 N–H and O–H groups in total. The molecular weight excluding hydrogens is 362 g/mol. The summed E-state index contributed by atoms with van der Waals surface area (Å²) in [6, 6.07) is 9.62. The third-order valence-corrected chi connectivity index (χ3v) is 5.26. The number of carbonyl (C=O) groups is 1. The van der Waals surface area contributed by atoms with Gasteiger partial charge >= 0.3 is 6.03 Å². The van der Waals surface area contributed by atoms with Gasteiger partial charge in [0.15, 0.2) is 0 Å². The second kappa shape index (κ2) is 9.74. The molecule has 0 radical (unpaired) electrons. The van der Waals surface area contributed by atoms with E-state index in [4.69, 9.17) is 0 Å². The summed E-state index contributed by atoms with van der Waals surface area (Å²) in [7, 11) is 0. The van der Waals surface area contributed by atoms with Crippen LogP contribution in [0.25, 0.3) is 0 Å². The number of aromatic nitrogens is 1. The third kappa shape index (κ3) is 5.94. The molecule has 0 unspecified atom stereocenters. The van der Waals surface area contributed by atoms with Crippen LogP contribution in [-0.2, 0) is 0 Å². The van der Waals surface area contributed by atoms with E-state index in [2.05, 4.69) is 39.3 Å². The average Bonchev–Trinajstić information content (AvgIpc) is 2.90. The van der Waals surface area contributed by atoms with Crippen molar-refractivity contribution in [3.8, 4) is 0 Å². The van der Waals surface area contributed by atoms with E-state index < -0.39 is 0 Å². The molecule has 1 aromatic heterocycles. The summed E-state index contributed by atoms with van der Waals surface area (Å²) >= 11 is 0. The van der Waals surface area contributed by atoms with Gasteiger partial charge in [-0.25, -0.2) is 9.78 Å². The topological polar surface area (TPSA) is 60.5 Å². The number of benzene rings is 1. The molecule has 1 fully saturated rings. The Morgan fingerprint density at radius 3 is 2.45 bits per heavy atom. The number of hydrogen-bond acceptors (Lipinski definition) is 4. The number of para-hydroxylation sites is 1. The lowest BCUT2D eigenvalue weighted by atomic mass is 10.1. The monoisotopic (exact) mass is 395 g/mol. The molecule has 2 aromatic rings. The molecule has 0 saturated carbocycles. The molecule has 6 nitrogen and oxygen atoms in total. The van der Waals surface area contributed by atoms with Crippen LogP contribution in [0.4, 0.5) is 22.0 Å². The van der Waals surface area contributed by atoms with Crippen molar-refractivity contribution >= 4 is 23.2 Å². The van der Waals surface area contributed by atoms with Crippen LogP contribution in [0.2, 0.25) is 0 Å². The van der Waals surface area contributed by atoms with Crippen molar-refractivity contribution in [3.05, 3.63) is 47.7 Å². The zero-order chi connectivity index (χ0) is 20.8. The fraction of sp³-hybridized carbons (Fsp3) is 0.478. The fourth-order valence-electron chi connectivity index (χ4n) is 3.83. The largest absolute Gasteiger partial charge is 0.355 e. The summed E-state index contributed by atoms with van der Waals surface area (Å²) in [4.78, 5) is 21.8. The zero-order valence-corrected chi connectivity index (χ0v) is 18.0. The molecule has 29 heavy (non-hydrogen) atoms. The number of rotatable bonds is 5. The van der Waals surface area contributed by atoms with Gasteiger partial charge in [-0.3, -0.25) is 0 Å². The fourth-order valence-corrected chi connectivity index (χ4v) is 3.83. The number of pyridine rings is 1. The van der Waals surface area contributed by atoms with Crippen LogP contribution in [0.1, 0.15) is 31.4 Å². The minimum atomic E-state index is -0.254. The van der Waals surface area contributed by atoms with Crippen molar-refractivity contribution in [2.24, 2.45) is 5.92 Å². The van der Waals surface area contributed by atoms with Crippen LogP contribution in [0, 0.1) is 19.8 Å². The van der Waals surface area contributed by atoms with Gasteiger partial charge in [0, 0.05) is 31.9 Å². The molecule has 0 aliphatic carbocycles. The van der Waals surface area contributed by atoms with Crippen molar-refractivity contribution < 1.29 is 4.79 Å². The number of urea groups is 1. The highest BCUT2D eigenvalue weighted by Gasteiger charge is 2.16. The molecule has 0 atom stereocenters. The first-order valence-electron chi connectivity index (χ1n) is 10.5. The van der Waals surface area contributed by atoms with Crippen LogP contribution >= 0.6 is 0 Å². The Morgan fingerprint density at radius 2 is 1.79 bits per heavy atom. The van der Waals surface area contributed by atoms with Crippen LogP contribution in [-0.4, -0.2) is 48.6 Å². The molecule has 6 heteroatoms. The molecule has 156 valence electrons. The van der Waals surface area contributed by atoms with Crippen molar-refractivity contribution in [2.45, 2.75) is 34.1 Å². The molecule has 1 saturated heterocycles. The van der Waals surface area contributed by atoms with E-state index in [9.17, 15) is 4.79 Å². The highest BCUT2D eigenvalue weighted by molar-refractivity contribution is 6.00. The lowest BCUT2D eigenvalue weighted by molar-refractivity contribution is 0.261. The number of anilines is 3. The lowest BCUT2D eigenvalue weighted by Gasteiger charge is -2.23. The van der Waals surface area contributed by atoms with Gasteiger partial charge in [0.25, 0.3) is 0 Å². The van der Waals surface area contributed by atoms with Crippen molar-refractivity contribution in [3.63, 3.8) is 0 Å². The Kier molecular flexibility index (Phi) is 7.09. The average molecular weight is 396 g/mol. The van der Waals surface area contributed by atoms with E-state index in [1.54, 1.807) is 6.20 Å². The van der Waals surface area contributed by atoms with Crippen LogP contribution in [0.3, 0.4) is 0 Å². The highest BCUT2D eigenvalue weighted by atomic mass is 16.2. The van der Waals surface area contributed by atoms with Crippen molar-refractivity contribution in [1.29, 1.82) is 0 Å². The van der Waals surface area contributed by atoms with Crippen LogP contribution in [0.5, 0.6) is 0 Å². The SMILES string of the molecule is Cc1cccc(C)c1NC(=O)Nc1ccc(N2CCCN(CC(C)C)CC2)nc1. The summed E-state index contributed by atoms with van der Waals surface area (Å²) in [5.74, 6) is 1.66. The highest BCUT2D eigenvalue weighted by Crippen LogP contribution is 2.20. The molecule has 3 rings (SSSR count). The molecule has 0 bridgehead atoms. The smallest absolute Gasteiger partial charge is 0.323 e. The van der Waals surface area contributed by atoms with Gasteiger partial charge < -0.3 is 20.4 Å². The Morgan fingerprint density at radius 1 is 1.03 bits per heavy atom. The summed E-state index contributed by atoms with van der Waals surface area (Å²) in [5.41, 5.74) is 3.63. The number of nitrogens with zero attached hydrogens (tertiary/aromatic N) is 3. The number of nitrogens with one attached hydrogen (secondary N) is 2. The van der Waals surface area contributed by atoms with Gasteiger partial charge in [0.1, 0.15) is 5.82 Å². The van der Waals surface area contributed by atoms with Gasteiger partial charge in [-0.05, 0) is 56.0 Å². The van der Waals surface area contributed by atoms with Crippen LogP contribution in [0.15, 0.2) is 36.5 Å². The summed E-state index contributed by atoms with van der Waals surface area (Å²) in [6.45, 7) is 13.9. The Hall–Kier alpha value is -2.60. The minimum absolute atomic E-state index is 0.254. The maximum atomic E-state index is 12.4. The van der Waals surface area contributed by atoms with E-state index in [1.165, 1.54) is 0 Å². The molecule has 1 aliphatic rings. The standard InChI is InChI=1S/C23H33N5O/c1-17(2)16-27-11-6-12-28(14-13-27)21-10-9-20(15-24-21)25-23(29)26-22-18(3)7-5-8-19(22)4/h5,7-10,15,17H,6,11-14,16H2,1-4H3,(H2,25,26,29). The maximum Gasteiger partial charge on any atom is 0.323 e. The third-order valence-electron chi connectivity index (χ3n) is 5.26. The number of aryl methyl sites for hydroxylation is 2. The van der Waals surface area contributed by atoms with Gasteiger partial charge in [-0.1, -0.05) is 32.0 Å². The summed E-state index contributed by atoms with van der Waals surface area (Å²) in [6.07, 6.45) is 2.88. The molecule has 1 aromatic carbocycles. The number of amides is 2. The first kappa shape index (κ1) is 21.1. The van der Waals surface area contributed by atoms with E-state index in [0.717, 1.165) is 61.8 Å².